The smallest absolute Gasteiger partial charge is 0.256 e. The standard InChI is InChI=1S/C25H24N6O/c1-17-5-3-12-28-24(17)30-22-16-26-15-21(29-22)18-9-13-31(14-10-18)25(32)20-8-2-6-19-7-4-11-27-23(19)20/h2-8,11-12,15-16,18H,9-10,13-14H2,1H3,(H,28,29,30). The minimum Gasteiger partial charge on any atom is -0.339 e. The lowest BCUT2D eigenvalue weighted by Gasteiger charge is -2.32. The minimum atomic E-state index is 0.0416. The molecule has 0 radical (unpaired) electrons. The van der Waals surface area contributed by atoms with Gasteiger partial charge in [-0.3, -0.25) is 14.8 Å². The van der Waals surface area contributed by atoms with E-state index in [1.165, 1.54) is 0 Å². The second kappa shape index (κ2) is 8.70. The highest BCUT2D eigenvalue weighted by molar-refractivity contribution is 6.05. The predicted molar refractivity (Wildman–Crippen MR) is 124 cm³/mol. The summed E-state index contributed by atoms with van der Waals surface area (Å²) >= 11 is 0. The van der Waals surface area contributed by atoms with Crippen molar-refractivity contribution in [2.45, 2.75) is 25.7 Å². The van der Waals surface area contributed by atoms with E-state index < -0.39 is 0 Å². The molecule has 0 unspecified atom stereocenters. The van der Waals surface area contributed by atoms with Crippen molar-refractivity contribution in [3.8, 4) is 0 Å². The molecule has 4 aromatic rings. The van der Waals surface area contributed by atoms with Crippen LogP contribution in [0.2, 0.25) is 0 Å². The molecule has 7 heteroatoms. The molecule has 1 N–H and O–H groups in total. The fraction of sp³-hybridized carbons (Fsp3) is 0.240. The van der Waals surface area contributed by atoms with Gasteiger partial charge in [0.05, 0.1) is 23.0 Å². The van der Waals surface area contributed by atoms with Gasteiger partial charge >= 0.3 is 0 Å². The second-order valence-corrected chi connectivity index (χ2v) is 8.07. The maximum atomic E-state index is 13.2. The van der Waals surface area contributed by atoms with Crippen molar-refractivity contribution in [3.63, 3.8) is 0 Å². The molecule has 5 rings (SSSR count). The number of amides is 1. The highest BCUT2D eigenvalue weighted by Crippen LogP contribution is 2.29. The summed E-state index contributed by atoms with van der Waals surface area (Å²) in [6.07, 6.45) is 8.73. The molecule has 4 heterocycles. The first-order valence-corrected chi connectivity index (χ1v) is 10.8. The fourth-order valence-corrected chi connectivity index (χ4v) is 4.20. The van der Waals surface area contributed by atoms with Gasteiger partial charge in [0.2, 0.25) is 0 Å². The van der Waals surface area contributed by atoms with Crippen molar-refractivity contribution in [2.24, 2.45) is 0 Å². The molecule has 0 spiro atoms. The van der Waals surface area contributed by atoms with E-state index in [2.05, 4.69) is 20.3 Å². The molecule has 160 valence electrons. The number of carbonyl (C=O) groups is 1. The highest BCUT2D eigenvalue weighted by Gasteiger charge is 2.26. The zero-order valence-corrected chi connectivity index (χ0v) is 17.9. The van der Waals surface area contributed by atoms with Gasteiger partial charge in [0.1, 0.15) is 11.6 Å². The monoisotopic (exact) mass is 424 g/mol. The molecule has 0 aliphatic carbocycles. The first kappa shape index (κ1) is 20.1. The van der Waals surface area contributed by atoms with E-state index in [1.54, 1.807) is 18.6 Å². The Morgan fingerprint density at radius 3 is 2.62 bits per heavy atom. The number of aromatic nitrogens is 4. The van der Waals surface area contributed by atoms with E-state index >= 15 is 0 Å². The van der Waals surface area contributed by atoms with E-state index in [0.29, 0.717) is 24.5 Å². The minimum absolute atomic E-state index is 0.0416. The van der Waals surface area contributed by atoms with E-state index in [9.17, 15) is 4.79 Å². The lowest BCUT2D eigenvalue weighted by atomic mass is 9.93. The van der Waals surface area contributed by atoms with Crippen LogP contribution in [0.25, 0.3) is 10.9 Å². The Morgan fingerprint density at radius 1 is 1.00 bits per heavy atom. The Balaban J connectivity index is 1.28. The lowest BCUT2D eigenvalue weighted by molar-refractivity contribution is 0.0714. The molecule has 1 saturated heterocycles. The molecular formula is C25H24N6O. The summed E-state index contributed by atoms with van der Waals surface area (Å²) in [6, 6.07) is 13.6. The number of piperidine rings is 1. The van der Waals surface area contributed by atoms with Crippen LogP contribution in [0.15, 0.2) is 67.3 Å². The number of anilines is 2. The maximum absolute atomic E-state index is 13.2. The van der Waals surface area contributed by atoms with Gasteiger partial charge in [-0.1, -0.05) is 24.3 Å². The van der Waals surface area contributed by atoms with Gasteiger partial charge in [0.25, 0.3) is 5.91 Å². The van der Waals surface area contributed by atoms with Gasteiger partial charge in [-0.2, -0.15) is 0 Å². The van der Waals surface area contributed by atoms with Gasteiger partial charge in [-0.15, -0.1) is 0 Å². The van der Waals surface area contributed by atoms with Gasteiger partial charge in [0.15, 0.2) is 0 Å². The number of likely N-dealkylation sites (tertiary alicyclic amines) is 1. The van der Waals surface area contributed by atoms with Crippen LogP contribution < -0.4 is 5.32 Å². The third-order valence-electron chi connectivity index (χ3n) is 5.97. The van der Waals surface area contributed by atoms with Gasteiger partial charge < -0.3 is 10.2 Å². The zero-order chi connectivity index (χ0) is 21.9. The van der Waals surface area contributed by atoms with Crippen molar-refractivity contribution in [1.29, 1.82) is 0 Å². The van der Waals surface area contributed by atoms with Crippen molar-refractivity contribution >= 4 is 28.4 Å². The van der Waals surface area contributed by atoms with E-state index in [-0.39, 0.29) is 11.8 Å². The second-order valence-electron chi connectivity index (χ2n) is 8.07. The summed E-state index contributed by atoms with van der Waals surface area (Å²) < 4.78 is 0. The molecule has 0 bridgehead atoms. The molecular weight excluding hydrogens is 400 g/mol. The molecule has 1 aliphatic rings. The lowest BCUT2D eigenvalue weighted by Crippen LogP contribution is -2.38. The number of hydrogen-bond acceptors (Lipinski definition) is 6. The van der Waals surface area contributed by atoms with Crippen LogP contribution in [0.5, 0.6) is 0 Å². The van der Waals surface area contributed by atoms with Crippen LogP contribution in [-0.4, -0.2) is 43.8 Å². The fourth-order valence-electron chi connectivity index (χ4n) is 4.20. The van der Waals surface area contributed by atoms with Crippen molar-refractivity contribution in [2.75, 3.05) is 18.4 Å². The van der Waals surface area contributed by atoms with Crippen molar-refractivity contribution < 1.29 is 4.79 Å². The molecule has 0 saturated carbocycles. The Hall–Kier alpha value is -3.87. The largest absolute Gasteiger partial charge is 0.339 e. The SMILES string of the molecule is Cc1cccnc1Nc1cncc(C2CCN(C(=O)c3cccc4cccnc34)CC2)n1. The first-order valence-electron chi connectivity index (χ1n) is 10.8. The topological polar surface area (TPSA) is 83.9 Å². The van der Waals surface area contributed by atoms with Crippen LogP contribution in [0.1, 0.15) is 40.4 Å². The number of nitrogens with one attached hydrogen (secondary N) is 1. The molecule has 32 heavy (non-hydrogen) atoms. The first-order chi connectivity index (χ1) is 15.7. The van der Waals surface area contributed by atoms with Crippen molar-refractivity contribution in [3.05, 3.63) is 84.1 Å². The summed E-state index contributed by atoms with van der Waals surface area (Å²) in [4.78, 5) is 33.1. The summed E-state index contributed by atoms with van der Waals surface area (Å²) in [7, 11) is 0. The van der Waals surface area contributed by atoms with Crippen LogP contribution in [0, 0.1) is 6.92 Å². The number of rotatable bonds is 4. The van der Waals surface area contributed by atoms with Gasteiger partial charge in [0, 0.05) is 43.0 Å². The third-order valence-corrected chi connectivity index (χ3v) is 5.97. The number of aryl methyl sites for hydroxylation is 1. The number of nitrogens with zero attached hydrogens (tertiary/aromatic N) is 5. The summed E-state index contributed by atoms with van der Waals surface area (Å²) in [6.45, 7) is 3.38. The number of carbonyl (C=O) groups excluding carboxylic acids is 1. The molecule has 7 nitrogen and oxygen atoms in total. The average molecular weight is 425 g/mol. The number of hydrogen-bond donors (Lipinski definition) is 1. The summed E-state index contributed by atoms with van der Waals surface area (Å²) in [5, 5.41) is 4.24. The normalized spacial score (nSPS) is 14.5. The number of benzene rings is 1. The van der Waals surface area contributed by atoms with E-state index in [0.717, 1.165) is 40.8 Å². The van der Waals surface area contributed by atoms with Crippen molar-refractivity contribution in [1.82, 2.24) is 24.8 Å². The van der Waals surface area contributed by atoms with E-state index in [1.807, 2.05) is 60.5 Å². The van der Waals surface area contributed by atoms with Gasteiger partial charge in [-0.25, -0.2) is 9.97 Å². The number of para-hydroxylation sites is 1. The Labute approximate surface area is 186 Å². The highest BCUT2D eigenvalue weighted by atomic mass is 16.2. The summed E-state index contributed by atoms with van der Waals surface area (Å²) in [5.74, 6) is 1.77. The van der Waals surface area contributed by atoms with Crippen LogP contribution >= 0.6 is 0 Å². The number of pyridine rings is 2. The van der Waals surface area contributed by atoms with E-state index in [4.69, 9.17) is 4.98 Å². The number of fused-ring (bicyclic) bond motifs is 1. The Morgan fingerprint density at radius 2 is 1.78 bits per heavy atom. The zero-order valence-electron chi connectivity index (χ0n) is 17.9. The quantitative estimate of drug-likeness (QED) is 0.520. The summed E-state index contributed by atoms with van der Waals surface area (Å²) in [5.41, 5.74) is 3.42. The molecule has 1 fully saturated rings. The molecule has 1 aliphatic heterocycles. The van der Waals surface area contributed by atoms with Crippen LogP contribution in [0.4, 0.5) is 11.6 Å². The molecule has 1 aromatic carbocycles. The Kier molecular flexibility index (Phi) is 5.46. The van der Waals surface area contributed by atoms with Crippen LogP contribution in [-0.2, 0) is 0 Å². The maximum Gasteiger partial charge on any atom is 0.256 e. The average Bonchev–Trinajstić information content (AvgIpc) is 2.85. The molecule has 0 atom stereocenters. The molecule has 1 amide bonds. The van der Waals surface area contributed by atoms with Crippen LogP contribution in [0.3, 0.4) is 0 Å². The van der Waals surface area contributed by atoms with Gasteiger partial charge in [-0.05, 0) is 43.5 Å². The molecule has 3 aromatic heterocycles. The Bertz CT molecular complexity index is 1260. The predicted octanol–water partition coefficient (Wildman–Crippen LogP) is 4.49. The third kappa shape index (κ3) is 4.01.